The molecule has 0 unspecified atom stereocenters. The first-order valence-corrected chi connectivity index (χ1v) is 9.54. The topological polar surface area (TPSA) is 64.6 Å². The van der Waals surface area contributed by atoms with Crippen LogP contribution in [0.3, 0.4) is 0 Å². The monoisotopic (exact) mass is 379 g/mol. The van der Waals surface area contributed by atoms with Gasteiger partial charge in [0, 0.05) is 18.0 Å². The van der Waals surface area contributed by atoms with E-state index in [9.17, 15) is 9.59 Å². The Hall–Kier alpha value is -3.08. The quantitative estimate of drug-likeness (QED) is 0.745. The third-order valence-corrected chi connectivity index (χ3v) is 4.83. The molecule has 2 atom stereocenters. The SMILES string of the molecule is CC[C@H](CNC(=O)[C@@H](C)OC(=O)C1=Cc2ccccc2OC1)c1ccccc1. The lowest BCUT2D eigenvalue weighted by Gasteiger charge is -2.20. The molecule has 28 heavy (non-hydrogen) atoms. The molecule has 5 nitrogen and oxygen atoms in total. The highest BCUT2D eigenvalue weighted by Gasteiger charge is 2.23. The van der Waals surface area contributed by atoms with Gasteiger partial charge in [0.05, 0.1) is 5.57 Å². The minimum atomic E-state index is -0.876. The number of carbonyl (C=O) groups excluding carboxylic acids is 2. The fourth-order valence-electron chi connectivity index (χ4n) is 3.11. The van der Waals surface area contributed by atoms with Gasteiger partial charge in [-0.05, 0) is 31.1 Å². The minimum absolute atomic E-state index is 0.135. The molecule has 0 aliphatic carbocycles. The summed E-state index contributed by atoms with van der Waals surface area (Å²) in [7, 11) is 0. The number of para-hydroxylation sites is 1. The number of hydrogen-bond acceptors (Lipinski definition) is 4. The van der Waals surface area contributed by atoms with E-state index < -0.39 is 12.1 Å². The molecule has 1 N–H and O–H groups in total. The summed E-state index contributed by atoms with van der Waals surface area (Å²) in [5.74, 6) is 0.114. The van der Waals surface area contributed by atoms with Crippen molar-refractivity contribution in [2.75, 3.05) is 13.2 Å². The normalized spacial score (nSPS) is 14.7. The summed E-state index contributed by atoms with van der Waals surface area (Å²) in [5.41, 5.74) is 2.40. The van der Waals surface area contributed by atoms with E-state index in [2.05, 4.69) is 24.4 Å². The van der Waals surface area contributed by atoms with Gasteiger partial charge in [-0.15, -0.1) is 0 Å². The zero-order valence-electron chi connectivity index (χ0n) is 16.2. The summed E-state index contributed by atoms with van der Waals surface area (Å²) < 4.78 is 10.9. The highest BCUT2D eigenvalue weighted by atomic mass is 16.6. The zero-order chi connectivity index (χ0) is 19.9. The average molecular weight is 379 g/mol. The van der Waals surface area contributed by atoms with E-state index in [0.29, 0.717) is 12.1 Å². The Bertz CT molecular complexity index is 860. The number of carbonyl (C=O) groups is 2. The predicted octanol–water partition coefficient (Wildman–Crippen LogP) is 3.70. The smallest absolute Gasteiger partial charge is 0.338 e. The van der Waals surface area contributed by atoms with Gasteiger partial charge in [-0.25, -0.2) is 4.79 Å². The number of esters is 1. The van der Waals surface area contributed by atoms with Crippen molar-refractivity contribution in [2.24, 2.45) is 0 Å². The van der Waals surface area contributed by atoms with Crippen molar-refractivity contribution in [3.05, 3.63) is 71.3 Å². The van der Waals surface area contributed by atoms with E-state index in [1.807, 2.05) is 42.5 Å². The highest BCUT2D eigenvalue weighted by Crippen LogP contribution is 2.26. The summed E-state index contributed by atoms with van der Waals surface area (Å²) in [4.78, 5) is 24.8. The first kappa shape index (κ1) is 19.7. The van der Waals surface area contributed by atoms with Crippen LogP contribution in [0.25, 0.3) is 6.08 Å². The molecule has 1 aliphatic rings. The van der Waals surface area contributed by atoms with Gasteiger partial charge in [-0.1, -0.05) is 55.5 Å². The van der Waals surface area contributed by atoms with Gasteiger partial charge < -0.3 is 14.8 Å². The first-order chi connectivity index (χ1) is 13.6. The van der Waals surface area contributed by atoms with Crippen LogP contribution >= 0.6 is 0 Å². The van der Waals surface area contributed by atoms with Crippen molar-refractivity contribution in [3.63, 3.8) is 0 Å². The van der Waals surface area contributed by atoms with E-state index in [4.69, 9.17) is 9.47 Å². The Morgan fingerprint density at radius 3 is 2.57 bits per heavy atom. The summed E-state index contributed by atoms with van der Waals surface area (Å²) in [6.45, 7) is 4.30. The molecular weight excluding hydrogens is 354 g/mol. The Kier molecular flexibility index (Phi) is 6.48. The van der Waals surface area contributed by atoms with Crippen molar-refractivity contribution in [2.45, 2.75) is 32.3 Å². The molecule has 0 bridgehead atoms. The highest BCUT2D eigenvalue weighted by molar-refractivity contribution is 5.96. The van der Waals surface area contributed by atoms with E-state index in [1.54, 1.807) is 13.0 Å². The van der Waals surface area contributed by atoms with Gasteiger partial charge in [0.2, 0.25) is 0 Å². The number of rotatable bonds is 7. The number of amides is 1. The fraction of sp³-hybridized carbons (Fsp3) is 0.304. The van der Waals surface area contributed by atoms with E-state index in [0.717, 1.165) is 17.7 Å². The van der Waals surface area contributed by atoms with Gasteiger partial charge in [0.15, 0.2) is 6.10 Å². The predicted molar refractivity (Wildman–Crippen MR) is 108 cm³/mol. The number of nitrogens with one attached hydrogen (secondary N) is 1. The molecule has 0 fully saturated rings. The lowest BCUT2D eigenvalue weighted by atomic mass is 9.96. The number of fused-ring (bicyclic) bond motifs is 1. The van der Waals surface area contributed by atoms with Crippen molar-refractivity contribution < 1.29 is 19.1 Å². The van der Waals surface area contributed by atoms with Crippen LogP contribution in [0.5, 0.6) is 5.75 Å². The number of benzene rings is 2. The van der Waals surface area contributed by atoms with Crippen LogP contribution in [0, 0.1) is 0 Å². The molecule has 146 valence electrons. The molecule has 0 spiro atoms. The van der Waals surface area contributed by atoms with Crippen LogP contribution in [0.2, 0.25) is 0 Å². The minimum Gasteiger partial charge on any atom is -0.488 e. The largest absolute Gasteiger partial charge is 0.488 e. The summed E-state index contributed by atoms with van der Waals surface area (Å²) >= 11 is 0. The van der Waals surface area contributed by atoms with Crippen molar-refractivity contribution >= 4 is 18.0 Å². The molecule has 5 heteroatoms. The van der Waals surface area contributed by atoms with Crippen LogP contribution < -0.4 is 10.1 Å². The number of hydrogen-bond donors (Lipinski definition) is 1. The molecule has 0 saturated carbocycles. The van der Waals surface area contributed by atoms with Crippen LogP contribution in [-0.4, -0.2) is 31.1 Å². The maximum atomic E-state index is 12.4. The van der Waals surface area contributed by atoms with E-state index >= 15 is 0 Å². The lowest BCUT2D eigenvalue weighted by molar-refractivity contribution is -0.151. The standard InChI is InChI=1S/C23H25NO4/c1-3-17(18-9-5-4-6-10-18)14-24-22(25)16(2)28-23(26)20-13-19-11-7-8-12-21(19)27-15-20/h4-13,16-17H,3,14-15H2,1-2H3,(H,24,25)/t16-,17-/m1/s1. The second-order valence-corrected chi connectivity index (χ2v) is 6.80. The maximum absolute atomic E-state index is 12.4. The molecule has 0 radical (unpaired) electrons. The summed E-state index contributed by atoms with van der Waals surface area (Å²) in [5, 5.41) is 2.89. The lowest BCUT2D eigenvalue weighted by Crippen LogP contribution is -2.38. The van der Waals surface area contributed by atoms with Crippen molar-refractivity contribution in [1.82, 2.24) is 5.32 Å². The van der Waals surface area contributed by atoms with Gasteiger partial charge in [-0.3, -0.25) is 4.79 Å². The molecule has 1 amide bonds. The zero-order valence-corrected chi connectivity index (χ0v) is 16.2. The summed E-state index contributed by atoms with van der Waals surface area (Å²) in [6.07, 6.45) is 1.77. The maximum Gasteiger partial charge on any atom is 0.338 e. The van der Waals surface area contributed by atoms with Gasteiger partial charge in [-0.2, -0.15) is 0 Å². The molecule has 1 heterocycles. The van der Waals surface area contributed by atoms with Gasteiger partial charge in [0.25, 0.3) is 5.91 Å². The van der Waals surface area contributed by atoms with Crippen LogP contribution in [-0.2, 0) is 14.3 Å². The van der Waals surface area contributed by atoms with Gasteiger partial charge >= 0.3 is 5.97 Å². The van der Waals surface area contributed by atoms with E-state index in [-0.39, 0.29) is 18.4 Å². The molecule has 3 rings (SSSR count). The Morgan fingerprint density at radius 1 is 1.11 bits per heavy atom. The first-order valence-electron chi connectivity index (χ1n) is 9.54. The Balaban J connectivity index is 1.54. The Labute approximate surface area is 165 Å². The Morgan fingerprint density at radius 2 is 1.82 bits per heavy atom. The van der Waals surface area contributed by atoms with Crippen LogP contribution in [0.1, 0.15) is 37.3 Å². The second kappa shape index (κ2) is 9.22. The summed E-state index contributed by atoms with van der Waals surface area (Å²) in [6, 6.07) is 17.5. The fourth-order valence-corrected chi connectivity index (χ4v) is 3.11. The third kappa shape index (κ3) is 4.80. The second-order valence-electron chi connectivity index (χ2n) is 6.80. The van der Waals surface area contributed by atoms with Crippen molar-refractivity contribution in [1.29, 1.82) is 0 Å². The molecule has 0 aromatic heterocycles. The van der Waals surface area contributed by atoms with Gasteiger partial charge in [0.1, 0.15) is 12.4 Å². The molecule has 2 aromatic rings. The van der Waals surface area contributed by atoms with Crippen LogP contribution in [0.15, 0.2) is 60.2 Å². The molecule has 2 aromatic carbocycles. The third-order valence-electron chi connectivity index (χ3n) is 4.83. The molecular formula is C23H25NO4. The average Bonchev–Trinajstić information content (AvgIpc) is 2.74. The number of ether oxygens (including phenoxy) is 2. The van der Waals surface area contributed by atoms with E-state index in [1.165, 1.54) is 5.56 Å². The molecule has 0 saturated heterocycles. The van der Waals surface area contributed by atoms with Crippen molar-refractivity contribution in [3.8, 4) is 5.75 Å². The molecule has 1 aliphatic heterocycles. The van der Waals surface area contributed by atoms with Crippen LogP contribution in [0.4, 0.5) is 0 Å².